The molecule has 0 rings (SSSR count). The second kappa shape index (κ2) is 7.26. The summed E-state index contributed by atoms with van der Waals surface area (Å²) in [6, 6.07) is -0.770. The molecule has 9 heavy (non-hydrogen) atoms. The Labute approximate surface area is 105 Å². The van der Waals surface area contributed by atoms with Gasteiger partial charge in [0, 0.05) is 11.9 Å². The fraction of sp³-hybridized carbons (Fsp3) is 0. The average Bonchev–Trinajstić information content (AvgIpc) is 1.61. The molecular formula is C2H3KN2O2S2. The van der Waals surface area contributed by atoms with E-state index in [0.29, 0.717) is 11.9 Å². The van der Waals surface area contributed by atoms with E-state index in [0.717, 1.165) is 0 Å². The molecule has 0 heterocycles. The molecule has 0 aliphatic rings. The topological polar surface area (TPSA) is 72.2 Å². The van der Waals surface area contributed by atoms with Crippen LogP contribution in [0.4, 0.5) is 9.59 Å². The summed E-state index contributed by atoms with van der Waals surface area (Å²) in [5, 5.41) is 0. The van der Waals surface area contributed by atoms with E-state index in [9.17, 15) is 9.59 Å². The predicted molar refractivity (Wildman–Crippen MR) is 33.1 cm³/mol. The van der Waals surface area contributed by atoms with Gasteiger partial charge in [-0.15, -0.1) is 0 Å². The van der Waals surface area contributed by atoms with E-state index < -0.39 is 10.5 Å². The van der Waals surface area contributed by atoms with E-state index in [1.807, 2.05) is 4.72 Å². The van der Waals surface area contributed by atoms with Gasteiger partial charge in [-0.05, 0) is 0 Å². The summed E-state index contributed by atoms with van der Waals surface area (Å²) in [4.78, 5) is 19.7. The normalized spacial score (nSPS) is 7.11. The Morgan fingerprint density at radius 1 is 1.56 bits per heavy atom. The van der Waals surface area contributed by atoms with Crippen molar-refractivity contribution in [2.45, 2.75) is 0 Å². The van der Waals surface area contributed by atoms with Crippen molar-refractivity contribution in [3.05, 3.63) is 0 Å². The SMILES string of the molecule is NC(=O)NSC(=O)[S-].[K+]. The smallest absolute Gasteiger partial charge is 0.729 e. The minimum atomic E-state index is -0.770. The number of nitrogens with two attached hydrogens (primary N) is 1. The Hall–Kier alpha value is 1.15. The Balaban J connectivity index is 0. The zero-order chi connectivity index (χ0) is 6.57. The summed E-state index contributed by atoms with van der Waals surface area (Å²) in [5.41, 5.74) is 4.57. The number of hydrogen-bond donors (Lipinski definition) is 2. The van der Waals surface area contributed by atoms with Gasteiger partial charge in [0.05, 0.1) is 4.45 Å². The maximum Gasteiger partial charge on any atom is 1.00 e. The van der Waals surface area contributed by atoms with Gasteiger partial charge in [0.15, 0.2) is 0 Å². The number of primary amides is 1. The van der Waals surface area contributed by atoms with Crippen LogP contribution in [0.1, 0.15) is 0 Å². The van der Waals surface area contributed by atoms with Crippen molar-refractivity contribution in [3.63, 3.8) is 0 Å². The zero-order valence-electron chi connectivity index (χ0n) is 4.71. The molecule has 2 amide bonds. The fourth-order valence-electron chi connectivity index (χ4n) is 0.0920. The molecule has 0 aliphatic heterocycles. The first kappa shape index (κ1) is 12.8. The molecule has 0 radical (unpaired) electrons. The minimum Gasteiger partial charge on any atom is -0.729 e. The second-order valence-electron chi connectivity index (χ2n) is 0.818. The van der Waals surface area contributed by atoms with Crippen LogP contribution in [0.3, 0.4) is 0 Å². The van der Waals surface area contributed by atoms with E-state index in [-0.39, 0.29) is 51.4 Å². The Bertz CT molecular complexity index is 105. The molecule has 0 fully saturated rings. The van der Waals surface area contributed by atoms with Crippen LogP contribution in [-0.2, 0) is 12.6 Å². The fourth-order valence-corrected chi connectivity index (χ4v) is 0.401. The van der Waals surface area contributed by atoms with Crippen LogP contribution >= 0.6 is 11.9 Å². The maximum absolute atomic E-state index is 9.86. The van der Waals surface area contributed by atoms with Gasteiger partial charge in [-0.1, -0.05) is 0 Å². The molecule has 0 saturated heterocycles. The van der Waals surface area contributed by atoms with E-state index in [4.69, 9.17) is 0 Å². The van der Waals surface area contributed by atoms with Crippen molar-refractivity contribution in [2.24, 2.45) is 5.73 Å². The van der Waals surface area contributed by atoms with Gasteiger partial charge in [0.2, 0.25) is 0 Å². The first-order chi connectivity index (χ1) is 3.63. The molecule has 3 N–H and O–H groups in total. The van der Waals surface area contributed by atoms with Crippen LogP contribution in [0.15, 0.2) is 0 Å². The number of rotatable bonds is 0. The second-order valence-corrected chi connectivity index (χ2v) is 2.23. The van der Waals surface area contributed by atoms with E-state index in [2.05, 4.69) is 18.4 Å². The van der Waals surface area contributed by atoms with E-state index >= 15 is 0 Å². The van der Waals surface area contributed by atoms with Gasteiger partial charge >= 0.3 is 57.4 Å². The summed E-state index contributed by atoms with van der Waals surface area (Å²) in [7, 11) is 0. The molecular weight excluding hydrogens is 187 g/mol. The third kappa shape index (κ3) is 12.4. The third-order valence-corrected chi connectivity index (χ3v) is 0.955. The standard InChI is InChI=1S/C2H4N2O2S2.K/c3-1(5)4-8-2(6)7;/h(H,6,7)(H3,3,4,5);/q;+1/p-1. The Morgan fingerprint density at radius 3 is 2.11 bits per heavy atom. The van der Waals surface area contributed by atoms with Gasteiger partial charge in [0.25, 0.3) is 0 Å². The number of carbonyl (C=O) groups is 2. The van der Waals surface area contributed by atoms with Crippen molar-refractivity contribution in [2.75, 3.05) is 0 Å². The molecule has 0 bridgehead atoms. The molecule has 4 nitrogen and oxygen atoms in total. The summed E-state index contributed by atoms with van der Waals surface area (Å²) in [6.07, 6.45) is 0. The molecule has 0 atom stereocenters. The monoisotopic (exact) mass is 190 g/mol. The molecule has 0 spiro atoms. The zero-order valence-corrected chi connectivity index (χ0v) is 9.47. The first-order valence-corrected chi connectivity index (χ1v) is 2.78. The minimum absolute atomic E-state index is 0. The van der Waals surface area contributed by atoms with Crippen molar-refractivity contribution in [3.8, 4) is 0 Å². The van der Waals surface area contributed by atoms with Crippen LogP contribution in [-0.4, -0.2) is 10.5 Å². The quantitative estimate of drug-likeness (QED) is 0.242. The molecule has 7 heteroatoms. The number of urea groups is 1. The number of carbonyl (C=O) groups excluding carboxylic acids is 2. The number of amides is 2. The molecule has 0 aromatic carbocycles. The van der Waals surface area contributed by atoms with Crippen molar-refractivity contribution < 1.29 is 61.0 Å². The first-order valence-electron chi connectivity index (χ1n) is 1.56. The van der Waals surface area contributed by atoms with Gasteiger partial charge in [-0.25, -0.2) is 4.79 Å². The maximum atomic E-state index is 9.86. The van der Waals surface area contributed by atoms with Crippen LogP contribution < -0.4 is 61.8 Å². The van der Waals surface area contributed by atoms with Gasteiger partial charge in [-0.2, -0.15) is 0 Å². The Kier molecular flexibility index (Phi) is 10.3. The van der Waals surface area contributed by atoms with Crippen LogP contribution in [0, 0.1) is 0 Å². The summed E-state index contributed by atoms with van der Waals surface area (Å²) in [6.45, 7) is 0. The molecule has 0 aromatic rings. The van der Waals surface area contributed by atoms with E-state index in [1.54, 1.807) is 0 Å². The molecule has 0 aromatic heterocycles. The van der Waals surface area contributed by atoms with Gasteiger partial charge < -0.3 is 23.2 Å². The molecule has 0 saturated carbocycles. The van der Waals surface area contributed by atoms with Crippen LogP contribution in [0.5, 0.6) is 0 Å². The molecule has 0 unspecified atom stereocenters. The van der Waals surface area contributed by atoms with Crippen LogP contribution in [0.2, 0.25) is 0 Å². The van der Waals surface area contributed by atoms with Crippen molar-refractivity contribution in [1.29, 1.82) is 0 Å². The summed E-state index contributed by atoms with van der Waals surface area (Å²) < 4.78 is 1.34. The van der Waals surface area contributed by atoms with Crippen LogP contribution in [0.25, 0.3) is 0 Å². The number of hydrogen-bond acceptors (Lipinski definition) is 4. The van der Waals surface area contributed by atoms with Crippen molar-refractivity contribution >= 4 is 35.1 Å². The van der Waals surface area contributed by atoms with E-state index in [1.165, 1.54) is 0 Å². The summed E-state index contributed by atoms with van der Waals surface area (Å²) >= 11 is 4.54. The summed E-state index contributed by atoms with van der Waals surface area (Å²) in [5.74, 6) is 0. The average molecular weight is 190 g/mol. The predicted octanol–water partition coefficient (Wildman–Crippen LogP) is -3.03. The Morgan fingerprint density at radius 2 is 2.00 bits per heavy atom. The number of nitrogens with one attached hydrogen (secondary N) is 1. The van der Waals surface area contributed by atoms with Gasteiger partial charge in [0.1, 0.15) is 0 Å². The van der Waals surface area contributed by atoms with Gasteiger partial charge in [-0.3, -0.25) is 4.72 Å². The van der Waals surface area contributed by atoms with Crippen molar-refractivity contribution in [1.82, 2.24) is 4.72 Å². The third-order valence-electron chi connectivity index (χ3n) is 0.235. The molecule has 0 aliphatic carbocycles. The molecule has 46 valence electrons. The largest absolute Gasteiger partial charge is 1.00 e.